The van der Waals surface area contributed by atoms with Gasteiger partial charge in [0.1, 0.15) is 17.4 Å². The average molecular weight is 261 g/mol. The molecule has 0 aliphatic heterocycles. The van der Waals surface area contributed by atoms with Crippen LogP contribution in [0, 0.1) is 11.6 Å². The van der Waals surface area contributed by atoms with Crippen molar-refractivity contribution < 1.29 is 26.7 Å². The van der Waals surface area contributed by atoms with E-state index in [1.807, 2.05) is 0 Å². The summed E-state index contributed by atoms with van der Waals surface area (Å²) in [5.74, 6) is -3.01. The summed E-state index contributed by atoms with van der Waals surface area (Å²) in [6, 6.07) is 1.28. The molecule has 7 heteroatoms. The molecule has 0 aliphatic rings. The maximum absolute atomic E-state index is 13.2. The number of hydrogen-bond acceptors (Lipinski definition) is 1. The molecule has 0 saturated carbocycles. The highest BCUT2D eigenvalue weighted by atomic mass is 35.5. The van der Waals surface area contributed by atoms with Gasteiger partial charge in [-0.1, -0.05) is 0 Å². The van der Waals surface area contributed by atoms with Crippen molar-refractivity contribution >= 4 is 11.6 Å². The average Bonchev–Trinajstić information content (AvgIpc) is 2.14. The standard InChI is InChI=1S/C9H6ClF5O/c1-16-4-2-5(11)7(6(12)3-4)8(10)9(13,14)15/h2-3,8H,1H3. The quantitative estimate of drug-likeness (QED) is 0.580. The summed E-state index contributed by atoms with van der Waals surface area (Å²) in [7, 11) is 1.13. The number of benzene rings is 1. The molecule has 0 aromatic heterocycles. The molecular formula is C9H6ClF5O. The Morgan fingerprint density at radius 3 is 1.94 bits per heavy atom. The first-order valence-corrected chi connectivity index (χ1v) is 4.44. The van der Waals surface area contributed by atoms with E-state index in [4.69, 9.17) is 11.6 Å². The molecular weight excluding hydrogens is 255 g/mol. The lowest BCUT2D eigenvalue weighted by atomic mass is 10.1. The van der Waals surface area contributed by atoms with Crippen molar-refractivity contribution in [2.24, 2.45) is 0 Å². The number of methoxy groups -OCH3 is 1. The Bertz CT molecular complexity index is 367. The first-order valence-electron chi connectivity index (χ1n) is 4.01. The fourth-order valence-electron chi connectivity index (χ4n) is 1.08. The fourth-order valence-corrected chi connectivity index (χ4v) is 1.29. The molecule has 0 radical (unpaired) electrons. The summed E-state index contributed by atoms with van der Waals surface area (Å²) in [5, 5.41) is -2.72. The van der Waals surface area contributed by atoms with Gasteiger partial charge in [0.05, 0.1) is 12.7 Å². The highest BCUT2D eigenvalue weighted by Crippen LogP contribution is 2.41. The predicted molar refractivity (Wildman–Crippen MR) is 47.6 cm³/mol. The normalized spacial score (nSPS) is 13.7. The zero-order valence-electron chi connectivity index (χ0n) is 7.91. The zero-order valence-corrected chi connectivity index (χ0v) is 8.66. The first kappa shape index (κ1) is 13.0. The Morgan fingerprint density at radius 2 is 1.62 bits per heavy atom. The van der Waals surface area contributed by atoms with E-state index in [1.165, 1.54) is 0 Å². The number of halogens is 6. The van der Waals surface area contributed by atoms with Crippen LogP contribution in [0.5, 0.6) is 5.75 Å². The van der Waals surface area contributed by atoms with Gasteiger partial charge in [0, 0.05) is 12.1 Å². The molecule has 0 bridgehead atoms. The maximum atomic E-state index is 13.2. The third kappa shape index (κ3) is 2.55. The molecule has 1 unspecified atom stereocenters. The third-order valence-electron chi connectivity index (χ3n) is 1.83. The van der Waals surface area contributed by atoms with Crippen LogP contribution in [-0.4, -0.2) is 13.3 Å². The molecule has 1 aromatic carbocycles. The van der Waals surface area contributed by atoms with E-state index >= 15 is 0 Å². The lowest BCUT2D eigenvalue weighted by molar-refractivity contribution is -0.132. The van der Waals surface area contributed by atoms with E-state index in [9.17, 15) is 22.0 Å². The van der Waals surface area contributed by atoms with Crippen molar-refractivity contribution in [1.29, 1.82) is 0 Å². The molecule has 1 aromatic rings. The van der Waals surface area contributed by atoms with Crippen molar-refractivity contribution in [2.75, 3.05) is 7.11 Å². The molecule has 16 heavy (non-hydrogen) atoms. The molecule has 1 atom stereocenters. The Labute approximate surface area is 92.8 Å². The number of alkyl halides is 4. The largest absolute Gasteiger partial charge is 0.497 e. The minimum absolute atomic E-state index is 0.218. The van der Waals surface area contributed by atoms with Crippen LogP contribution in [0.3, 0.4) is 0 Å². The number of rotatable bonds is 2. The molecule has 0 fully saturated rings. The van der Waals surface area contributed by atoms with Crippen molar-refractivity contribution in [2.45, 2.75) is 11.6 Å². The predicted octanol–water partition coefficient (Wildman–Crippen LogP) is 3.82. The Balaban J connectivity index is 3.25. The molecule has 1 rings (SSSR count). The summed E-state index contributed by atoms with van der Waals surface area (Å²) < 4.78 is 67.4. The van der Waals surface area contributed by atoms with E-state index in [-0.39, 0.29) is 5.75 Å². The van der Waals surface area contributed by atoms with E-state index in [1.54, 1.807) is 0 Å². The van der Waals surface area contributed by atoms with E-state index in [0.717, 1.165) is 7.11 Å². The highest BCUT2D eigenvalue weighted by molar-refractivity contribution is 6.21. The molecule has 90 valence electrons. The summed E-state index contributed by atoms with van der Waals surface area (Å²) in [4.78, 5) is 0. The van der Waals surface area contributed by atoms with Crippen molar-refractivity contribution in [3.8, 4) is 5.75 Å². The van der Waals surface area contributed by atoms with E-state index in [2.05, 4.69) is 4.74 Å². The summed E-state index contributed by atoms with van der Waals surface area (Å²) in [6.45, 7) is 0. The molecule has 0 heterocycles. The topological polar surface area (TPSA) is 9.23 Å². The minimum Gasteiger partial charge on any atom is -0.497 e. The van der Waals surface area contributed by atoms with Crippen LogP contribution in [0.25, 0.3) is 0 Å². The zero-order chi connectivity index (χ0) is 12.5. The van der Waals surface area contributed by atoms with E-state index in [0.29, 0.717) is 12.1 Å². The van der Waals surface area contributed by atoms with Crippen LogP contribution in [0.15, 0.2) is 12.1 Å². The SMILES string of the molecule is COc1cc(F)c(C(Cl)C(F)(F)F)c(F)c1. The van der Waals surface area contributed by atoms with Crippen molar-refractivity contribution in [1.82, 2.24) is 0 Å². The van der Waals surface area contributed by atoms with Gasteiger partial charge in [0.15, 0.2) is 5.38 Å². The second kappa shape index (κ2) is 4.45. The molecule has 0 N–H and O–H groups in total. The monoisotopic (exact) mass is 260 g/mol. The molecule has 0 spiro atoms. The molecule has 0 saturated heterocycles. The third-order valence-corrected chi connectivity index (χ3v) is 2.29. The van der Waals surface area contributed by atoms with Crippen molar-refractivity contribution in [3.63, 3.8) is 0 Å². The Hall–Kier alpha value is -1.04. The van der Waals surface area contributed by atoms with Crippen LogP contribution in [0.2, 0.25) is 0 Å². The number of ether oxygens (including phenoxy) is 1. The van der Waals surface area contributed by atoms with Gasteiger partial charge >= 0.3 is 6.18 Å². The number of hydrogen-bond donors (Lipinski definition) is 0. The van der Waals surface area contributed by atoms with E-state index < -0.39 is 28.8 Å². The van der Waals surface area contributed by atoms with Gasteiger partial charge in [-0.25, -0.2) is 8.78 Å². The minimum atomic E-state index is -4.92. The first-order chi connectivity index (χ1) is 7.27. The van der Waals surface area contributed by atoms with Crippen molar-refractivity contribution in [3.05, 3.63) is 29.3 Å². The van der Waals surface area contributed by atoms with Gasteiger partial charge in [-0.3, -0.25) is 0 Å². The summed E-state index contributed by atoms with van der Waals surface area (Å²) >= 11 is 4.94. The lowest BCUT2D eigenvalue weighted by Gasteiger charge is -2.15. The van der Waals surface area contributed by atoms with Gasteiger partial charge in [-0.2, -0.15) is 13.2 Å². The van der Waals surface area contributed by atoms with Gasteiger partial charge in [0.25, 0.3) is 0 Å². The van der Waals surface area contributed by atoms with Crippen LogP contribution in [0.4, 0.5) is 22.0 Å². The summed E-state index contributed by atoms with van der Waals surface area (Å²) in [5.41, 5.74) is -1.23. The fraction of sp³-hybridized carbons (Fsp3) is 0.333. The maximum Gasteiger partial charge on any atom is 0.409 e. The second-order valence-electron chi connectivity index (χ2n) is 2.91. The molecule has 0 aliphatic carbocycles. The summed E-state index contributed by atoms with van der Waals surface area (Å²) in [6.07, 6.45) is -4.92. The van der Waals surface area contributed by atoms with Gasteiger partial charge in [0.2, 0.25) is 0 Å². The Morgan fingerprint density at radius 1 is 1.19 bits per heavy atom. The van der Waals surface area contributed by atoms with Crippen LogP contribution in [0.1, 0.15) is 10.9 Å². The second-order valence-corrected chi connectivity index (χ2v) is 3.35. The molecule has 1 nitrogen and oxygen atoms in total. The molecule has 0 amide bonds. The Kier molecular flexibility index (Phi) is 3.62. The van der Waals surface area contributed by atoms with Crippen LogP contribution in [-0.2, 0) is 0 Å². The van der Waals surface area contributed by atoms with Gasteiger partial charge < -0.3 is 4.74 Å². The smallest absolute Gasteiger partial charge is 0.409 e. The van der Waals surface area contributed by atoms with Crippen LogP contribution < -0.4 is 4.74 Å². The van der Waals surface area contributed by atoms with Gasteiger partial charge in [-0.05, 0) is 0 Å². The van der Waals surface area contributed by atoms with Gasteiger partial charge in [-0.15, -0.1) is 11.6 Å². The van der Waals surface area contributed by atoms with Crippen LogP contribution >= 0.6 is 11.6 Å². The lowest BCUT2D eigenvalue weighted by Crippen LogP contribution is -2.18. The highest BCUT2D eigenvalue weighted by Gasteiger charge is 2.42.